The Kier molecular flexibility index (Phi) is 4.55. The highest BCUT2D eigenvalue weighted by Crippen LogP contribution is 2.32. The van der Waals surface area contributed by atoms with Crippen molar-refractivity contribution >= 4 is 0 Å². The van der Waals surface area contributed by atoms with Gasteiger partial charge in [0.15, 0.2) is 23.0 Å². The first-order chi connectivity index (χ1) is 10.0. The lowest BCUT2D eigenvalue weighted by Gasteiger charge is -2.14. The number of methoxy groups -OCH3 is 2. The molecule has 2 rings (SSSR count). The van der Waals surface area contributed by atoms with E-state index >= 15 is 0 Å². The first-order valence-electron chi connectivity index (χ1n) is 6.46. The fourth-order valence-corrected chi connectivity index (χ4v) is 2.09. The quantitative estimate of drug-likeness (QED) is 0.788. The Labute approximate surface area is 123 Å². The zero-order chi connectivity index (χ0) is 15.4. The molecule has 112 valence electrons. The maximum atomic E-state index is 10.3. The molecule has 0 saturated carbocycles. The molecule has 1 unspecified atom stereocenters. The molecule has 3 N–H and O–H groups in total. The number of hydrogen-bond acceptors (Lipinski definition) is 5. The fourth-order valence-electron chi connectivity index (χ4n) is 2.09. The zero-order valence-corrected chi connectivity index (χ0v) is 11.9. The van der Waals surface area contributed by atoms with Crippen LogP contribution in [-0.2, 0) is 6.42 Å². The molecular weight excluding hydrogens is 272 g/mol. The van der Waals surface area contributed by atoms with Gasteiger partial charge in [-0.3, -0.25) is 0 Å². The van der Waals surface area contributed by atoms with Crippen molar-refractivity contribution in [3.8, 4) is 23.0 Å². The van der Waals surface area contributed by atoms with Crippen LogP contribution in [0.15, 0.2) is 36.4 Å². The van der Waals surface area contributed by atoms with Gasteiger partial charge in [-0.05, 0) is 35.4 Å². The van der Waals surface area contributed by atoms with Crippen molar-refractivity contribution in [2.75, 3.05) is 14.2 Å². The number of phenols is 2. The summed E-state index contributed by atoms with van der Waals surface area (Å²) in [5.41, 5.74) is 1.46. The van der Waals surface area contributed by atoms with Gasteiger partial charge >= 0.3 is 0 Å². The van der Waals surface area contributed by atoms with Gasteiger partial charge in [-0.25, -0.2) is 0 Å². The Bertz CT molecular complexity index is 624. The number of aromatic hydroxyl groups is 2. The number of benzene rings is 2. The van der Waals surface area contributed by atoms with Gasteiger partial charge in [0, 0.05) is 6.42 Å². The van der Waals surface area contributed by atoms with E-state index in [9.17, 15) is 15.3 Å². The summed E-state index contributed by atoms with van der Waals surface area (Å²) in [4.78, 5) is 0. The van der Waals surface area contributed by atoms with Gasteiger partial charge in [0.2, 0.25) is 0 Å². The molecule has 2 aromatic carbocycles. The molecule has 0 radical (unpaired) electrons. The highest BCUT2D eigenvalue weighted by atomic mass is 16.5. The molecule has 1 atom stereocenters. The first kappa shape index (κ1) is 15.0. The molecule has 0 saturated heterocycles. The van der Waals surface area contributed by atoms with Crippen LogP contribution in [0.25, 0.3) is 0 Å². The second-order valence-corrected chi connectivity index (χ2v) is 4.66. The fraction of sp³-hybridized carbons (Fsp3) is 0.250. The number of hydrogen-bond donors (Lipinski definition) is 3. The third kappa shape index (κ3) is 3.38. The normalized spacial score (nSPS) is 12.0. The van der Waals surface area contributed by atoms with E-state index in [4.69, 9.17) is 9.47 Å². The van der Waals surface area contributed by atoms with Crippen molar-refractivity contribution in [2.45, 2.75) is 12.5 Å². The number of aliphatic hydroxyl groups is 1. The summed E-state index contributed by atoms with van der Waals surface area (Å²) in [6.45, 7) is 0. The van der Waals surface area contributed by atoms with E-state index in [-0.39, 0.29) is 11.5 Å². The van der Waals surface area contributed by atoms with Crippen molar-refractivity contribution < 1.29 is 24.8 Å². The maximum Gasteiger partial charge on any atom is 0.160 e. The Hall–Kier alpha value is -2.40. The van der Waals surface area contributed by atoms with Crippen LogP contribution in [0.5, 0.6) is 23.0 Å². The molecule has 0 aromatic heterocycles. The number of ether oxygens (including phenoxy) is 2. The van der Waals surface area contributed by atoms with Crippen molar-refractivity contribution in [3.63, 3.8) is 0 Å². The molecule has 5 nitrogen and oxygen atoms in total. The maximum absolute atomic E-state index is 10.3. The van der Waals surface area contributed by atoms with Gasteiger partial charge in [-0.15, -0.1) is 0 Å². The van der Waals surface area contributed by atoms with E-state index in [0.717, 1.165) is 5.56 Å². The van der Waals surface area contributed by atoms with Gasteiger partial charge in [-0.2, -0.15) is 0 Å². The molecule has 0 heterocycles. The highest BCUT2D eigenvalue weighted by Gasteiger charge is 2.13. The second-order valence-electron chi connectivity index (χ2n) is 4.66. The zero-order valence-electron chi connectivity index (χ0n) is 11.9. The molecule has 5 heteroatoms. The predicted octanol–water partition coefficient (Wildman–Crippen LogP) is 2.39. The lowest BCUT2D eigenvalue weighted by molar-refractivity contribution is 0.177. The van der Waals surface area contributed by atoms with E-state index in [0.29, 0.717) is 23.5 Å². The molecule has 0 amide bonds. The molecule has 0 aliphatic heterocycles. The monoisotopic (exact) mass is 290 g/mol. The third-order valence-electron chi connectivity index (χ3n) is 3.26. The summed E-state index contributed by atoms with van der Waals surface area (Å²) in [5, 5.41) is 29.4. The Morgan fingerprint density at radius 2 is 1.48 bits per heavy atom. The van der Waals surface area contributed by atoms with E-state index in [1.165, 1.54) is 26.4 Å². The summed E-state index contributed by atoms with van der Waals surface area (Å²) in [5.74, 6) is 0.764. The molecule has 0 aliphatic carbocycles. The van der Waals surface area contributed by atoms with E-state index in [1.54, 1.807) is 24.3 Å². The van der Waals surface area contributed by atoms with Crippen LogP contribution >= 0.6 is 0 Å². The van der Waals surface area contributed by atoms with Crippen LogP contribution in [0, 0.1) is 0 Å². The Balaban J connectivity index is 2.19. The number of phenolic OH excluding ortho intramolecular Hbond substituents is 2. The molecule has 0 bridgehead atoms. The van der Waals surface area contributed by atoms with Crippen molar-refractivity contribution in [1.82, 2.24) is 0 Å². The van der Waals surface area contributed by atoms with Crippen molar-refractivity contribution in [1.29, 1.82) is 0 Å². The van der Waals surface area contributed by atoms with Gasteiger partial charge in [0.25, 0.3) is 0 Å². The molecule has 21 heavy (non-hydrogen) atoms. The minimum absolute atomic E-state index is 0.0275. The SMILES string of the molecule is COc1cc(CC(O)c2ccc(O)c(OC)c2)ccc1O. The topological polar surface area (TPSA) is 79.2 Å². The first-order valence-corrected chi connectivity index (χ1v) is 6.46. The molecule has 0 fully saturated rings. The minimum Gasteiger partial charge on any atom is -0.504 e. The van der Waals surface area contributed by atoms with Gasteiger partial charge in [-0.1, -0.05) is 12.1 Å². The summed E-state index contributed by atoms with van der Waals surface area (Å²) in [6, 6.07) is 9.64. The lowest BCUT2D eigenvalue weighted by atomic mass is 10.0. The van der Waals surface area contributed by atoms with E-state index in [1.807, 2.05) is 0 Å². The summed E-state index contributed by atoms with van der Waals surface area (Å²) in [7, 11) is 2.93. The van der Waals surface area contributed by atoms with Crippen LogP contribution < -0.4 is 9.47 Å². The predicted molar refractivity (Wildman–Crippen MR) is 78.0 cm³/mol. The van der Waals surface area contributed by atoms with Gasteiger partial charge in [0.05, 0.1) is 20.3 Å². The van der Waals surface area contributed by atoms with Gasteiger partial charge in [0.1, 0.15) is 0 Å². The molecular formula is C16H18O5. The summed E-state index contributed by atoms with van der Waals surface area (Å²) >= 11 is 0. The Morgan fingerprint density at radius 1 is 0.905 bits per heavy atom. The smallest absolute Gasteiger partial charge is 0.160 e. The number of rotatable bonds is 5. The number of aliphatic hydroxyl groups excluding tert-OH is 1. The summed E-state index contributed by atoms with van der Waals surface area (Å²) in [6.07, 6.45) is -0.404. The molecule has 0 aliphatic rings. The minimum atomic E-state index is -0.756. The van der Waals surface area contributed by atoms with Crippen molar-refractivity contribution in [3.05, 3.63) is 47.5 Å². The largest absolute Gasteiger partial charge is 0.504 e. The molecule has 0 spiro atoms. The van der Waals surface area contributed by atoms with Crippen LogP contribution in [0.3, 0.4) is 0 Å². The van der Waals surface area contributed by atoms with Crippen LogP contribution in [0.4, 0.5) is 0 Å². The summed E-state index contributed by atoms with van der Waals surface area (Å²) < 4.78 is 10.1. The van der Waals surface area contributed by atoms with Gasteiger partial charge < -0.3 is 24.8 Å². The third-order valence-corrected chi connectivity index (χ3v) is 3.26. The van der Waals surface area contributed by atoms with Crippen LogP contribution in [0.2, 0.25) is 0 Å². The van der Waals surface area contributed by atoms with Crippen LogP contribution in [0.1, 0.15) is 17.2 Å². The Morgan fingerprint density at radius 3 is 2.10 bits per heavy atom. The second kappa shape index (κ2) is 6.37. The highest BCUT2D eigenvalue weighted by molar-refractivity contribution is 5.44. The van der Waals surface area contributed by atoms with E-state index < -0.39 is 6.10 Å². The van der Waals surface area contributed by atoms with Crippen molar-refractivity contribution in [2.24, 2.45) is 0 Å². The average molecular weight is 290 g/mol. The molecule has 2 aromatic rings. The van der Waals surface area contributed by atoms with Crippen LogP contribution in [-0.4, -0.2) is 29.5 Å². The van der Waals surface area contributed by atoms with E-state index in [2.05, 4.69) is 0 Å². The standard InChI is InChI=1S/C16H18O5/c1-20-15-8-10(3-5-12(15)17)7-14(19)11-4-6-13(18)16(9-11)21-2/h3-6,8-9,14,17-19H,7H2,1-2H3. The average Bonchev–Trinajstić information content (AvgIpc) is 2.49. The lowest BCUT2D eigenvalue weighted by Crippen LogP contribution is -2.02.